The average Bonchev–Trinajstić information content (AvgIpc) is 3.00. The van der Waals surface area contributed by atoms with E-state index < -0.39 is 0 Å². The maximum absolute atomic E-state index is 11.2. The number of aliphatic hydroxyl groups is 1. The van der Waals surface area contributed by atoms with Gasteiger partial charge in [0.25, 0.3) is 0 Å². The van der Waals surface area contributed by atoms with Gasteiger partial charge < -0.3 is 15.2 Å². The molecule has 0 amide bonds. The third-order valence-electron chi connectivity index (χ3n) is 3.59. The quantitative estimate of drug-likeness (QED) is 0.780. The number of thiophene rings is 1. The first kappa shape index (κ1) is 14.5. The number of rotatable bonds is 6. The summed E-state index contributed by atoms with van der Waals surface area (Å²) in [7, 11) is 1.41. The number of aliphatic hydroxyl groups excluding tert-OH is 1. The molecule has 0 aliphatic heterocycles. The van der Waals surface area contributed by atoms with Crippen LogP contribution in [-0.4, -0.2) is 30.8 Å². The van der Waals surface area contributed by atoms with Crippen molar-refractivity contribution in [3.63, 3.8) is 0 Å². The molecule has 0 aromatic carbocycles. The summed E-state index contributed by atoms with van der Waals surface area (Å²) in [6.45, 7) is 1.67. The molecule has 2 rings (SSSR count). The van der Waals surface area contributed by atoms with Crippen molar-refractivity contribution in [3.05, 3.63) is 21.9 Å². The van der Waals surface area contributed by atoms with E-state index in [1.165, 1.54) is 12.0 Å². The normalized spacial score (nSPS) is 22.6. The molecular formula is C14H21NO3S. The lowest BCUT2D eigenvalue weighted by molar-refractivity contribution is -0.139. The summed E-state index contributed by atoms with van der Waals surface area (Å²) in [5.74, 6) is 0.199. The van der Waals surface area contributed by atoms with E-state index in [0.29, 0.717) is 12.3 Å². The van der Waals surface area contributed by atoms with E-state index in [9.17, 15) is 9.90 Å². The van der Waals surface area contributed by atoms with Crippen molar-refractivity contribution in [2.45, 2.75) is 38.3 Å². The van der Waals surface area contributed by atoms with Crippen LogP contribution in [0.15, 0.2) is 12.1 Å². The van der Waals surface area contributed by atoms with E-state index in [2.05, 4.69) is 10.1 Å². The molecule has 2 atom stereocenters. The van der Waals surface area contributed by atoms with E-state index in [4.69, 9.17) is 0 Å². The Labute approximate surface area is 117 Å². The number of ether oxygens (including phenoxy) is 1. The van der Waals surface area contributed by atoms with Crippen LogP contribution < -0.4 is 5.32 Å². The second kappa shape index (κ2) is 7.03. The lowest BCUT2D eigenvalue weighted by Crippen LogP contribution is -2.27. The van der Waals surface area contributed by atoms with Crippen molar-refractivity contribution >= 4 is 17.3 Å². The zero-order valence-electron chi connectivity index (χ0n) is 11.2. The first-order chi connectivity index (χ1) is 9.19. The zero-order valence-corrected chi connectivity index (χ0v) is 12.0. The van der Waals surface area contributed by atoms with Gasteiger partial charge in [-0.3, -0.25) is 4.79 Å². The molecular weight excluding hydrogens is 262 g/mol. The Morgan fingerprint density at radius 2 is 2.26 bits per heavy atom. The Morgan fingerprint density at radius 1 is 1.47 bits per heavy atom. The molecule has 19 heavy (non-hydrogen) atoms. The van der Waals surface area contributed by atoms with Crippen LogP contribution in [0, 0.1) is 5.92 Å². The summed E-state index contributed by atoms with van der Waals surface area (Å²) in [5.41, 5.74) is 0. The third-order valence-corrected chi connectivity index (χ3v) is 4.67. The highest BCUT2D eigenvalue weighted by molar-refractivity contribution is 7.12. The van der Waals surface area contributed by atoms with Gasteiger partial charge in [0.05, 0.1) is 19.6 Å². The topological polar surface area (TPSA) is 58.6 Å². The van der Waals surface area contributed by atoms with Gasteiger partial charge in [-0.1, -0.05) is 6.42 Å². The molecule has 5 heteroatoms. The molecule has 1 aliphatic rings. The van der Waals surface area contributed by atoms with Crippen LogP contribution in [0.2, 0.25) is 0 Å². The number of hydrogen-bond acceptors (Lipinski definition) is 5. The Bertz CT molecular complexity index is 419. The van der Waals surface area contributed by atoms with Gasteiger partial charge in [0, 0.05) is 22.8 Å². The molecule has 1 heterocycles. The van der Waals surface area contributed by atoms with Crippen molar-refractivity contribution < 1.29 is 14.6 Å². The summed E-state index contributed by atoms with van der Waals surface area (Å²) < 4.78 is 4.65. The molecule has 1 fully saturated rings. The van der Waals surface area contributed by atoms with Crippen LogP contribution in [0.4, 0.5) is 0 Å². The molecule has 1 aromatic heterocycles. The van der Waals surface area contributed by atoms with E-state index in [0.717, 1.165) is 37.2 Å². The molecule has 1 aliphatic carbocycles. The van der Waals surface area contributed by atoms with Gasteiger partial charge in [-0.25, -0.2) is 0 Å². The van der Waals surface area contributed by atoms with Gasteiger partial charge in [0.1, 0.15) is 0 Å². The number of carbonyl (C=O) groups excluding carboxylic acids is 1. The maximum atomic E-state index is 11.2. The first-order valence-corrected chi connectivity index (χ1v) is 7.54. The minimum atomic E-state index is -0.199. The largest absolute Gasteiger partial charge is 0.469 e. The maximum Gasteiger partial charge on any atom is 0.310 e. The highest BCUT2D eigenvalue weighted by Crippen LogP contribution is 2.25. The fraction of sp³-hybridized carbons (Fsp3) is 0.643. The predicted molar refractivity (Wildman–Crippen MR) is 75.1 cm³/mol. The number of hydrogen-bond donors (Lipinski definition) is 2. The predicted octanol–water partition coefficient (Wildman–Crippen LogP) is 1.71. The molecule has 1 aromatic rings. The molecule has 2 N–H and O–H groups in total. The summed E-state index contributed by atoms with van der Waals surface area (Å²) in [6, 6.07) is 4.02. The lowest BCUT2D eigenvalue weighted by atomic mass is 10.1. The third kappa shape index (κ3) is 4.30. The smallest absolute Gasteiger partial charge is 0.310 e. The Kier molecular flexibility index (Phi) is 5.36. The highest BCUT2D eigenvalue weighted by Gasteiger charge is 2.24. The summed E-state index contributed by atoms with van der Waals surface area (Å²) in [6.07, 6.45) is 3.41. The zero-order chi connectivity index (χ0) is 13.7. The Morgan fingerprint density at radius 3 is 2.95 bits per heavy atom. The van der Waals surface area contributed by atoms with E-state index >= 15 is 0 Å². The number of esters is 1. The number of carbonyl (C=O) groups is 1. The molecule has 0 radical (unpaired) electrons. The van der Waals surface area contributed by atoms with Crippen LogP contribution in [-0.2, 0) is 22.5 Å². The molecule has 0 saturated heterocycles. The monoisotopic (exact) mass is 283 g/mol. The fourth-order valence-corrected chi connectivity index (χ4v) is 3.44. The minimum Gasteiger partial charge on any atom is -0.469 e. The Hall–Kier alpha value is -0.910. The highest BCUT2D eigenvalue weighted by atomic mass is 32.1. The fourth-order valence-electron chi connectivity index (χ4n) is 2.46. The second-order valence-electron chi connectivity index (χ2n) is 5.01. The lowest BCUT2D eigenvalue weighted by Gasteiger charge is -2.14. The second-order valence-corrected chi connectivity index (χ2v) is 6.26. The van der Waals surface area contributed by atoms with Crippen LogP contribution in [0.5, 0.6) is 0 Å². The molecule has 0 spiro atoms. The van der Waals surface area contributed by atoms with Gasteiger partial charge in [0.2, 0.25) is 0 Å². The van der Waals surface area contributed by atoms with Crippen molar-refractivity contribution in [1.82, 2.24) is 5.32 Å². The van der Waals surface area contributed by atoms with Crippen LogP contribution in [0.25, 0.3) is 0 Å². The molecule has 106 valence electrons. The SMILES string of the molecule is COC(=O)Cc1ccc(CNCC2CCCC2O)s1. The van der Waals surface area contributed by atoms with Gasteiger partial charge >= 0.3 is 5.97 Å². The van der Waals surface area contributed by atoms with Crippen molar-refractivity contribution in [2.75, 3.05) is 13.7 Å². The van der Waals surface area contributed by atoms with Gasteiger partial charge in [-0.05, 0) is 30.9 Å². The van der Waals surface area contributed by atoms with Crippen molar-refractivity contribution in [2.24, 2.45) is 5.92 Å². The van der Waals surface area contributed by atoms with Crippen molar-refractivity contribution in [3.8, 4) is 0 Å². The van der Waals surface area contributed by atoms with Gasteiger partial charge in [0.15, 0.2) is 0 Å². The van der Waals surface area contributed by atoms with Crippen LogP contribution in [0.3, 0.4) is 0 Å². The number of nitrogens with one attached hydrogen (secondary N) is 1. The van der Waals surface area contributed by atoms with E-state index in [1.54, 1.807) is 11.3 Å². The summed E-state index contributed by atoms with van der Waals surface area (Å²) in [5, 5.41) is 13.1. The molecule has 0 bridgehead atoms. The number of methoxy groups -OCH3 is 1. The first-order valence-electron chi connectivity index (χ1n) is 6.72. The van der Waals surface area contributed by atoms with Gasteiger partial charge in [-0.15, -0.1) is 11.3 Å². The average molecular weight is 283 g/mol. The Balaban J connectivity index is 1.72. The molecule has 1 saturated carbocycles. The minimum absolute atomic E-state index is 0.134. The van der Waals surface area contributed by atoms with Crippen LogP contribution in [0.1, 0.15) is 29.0 Å². The van der Waals surface area contributed by atoms with Crippen LogP contribution >= 0.6 is 11.3 Å². The van der Waals surface area contributed by atoms with E-state index in [1.807, 2.05) is 12.1 Å². The standard InChI is InChI=1S/C14H21NO3S/c1-18-14(17)7-11-5-6-12(19-11)9-15-8-10-3-2-4-13(10)16/h5-6,10,13,15-16H,2-4,7-9H2,1H3. The van der Waals surface area contributed by atoms with Crippen molar-refractivity contribution in [1.29, 1.82) is 0 Å². The summed E-state index contributed by atoms with van der Waals surface area (Å²) >= 11 is 1.63. The summed E-state index contributed by atoms with van der Waals surface area (Å²) in [4.78, 5) is 13.4. The van der Waals surface area contributed by atoms with E-state index in [-0.39, 0.29) is 12.1 Å². The van der Waals surface area contributed by atoms with Gasteiger partial charge in [-0.2, -0.15) is 0 Å². The molecule has 2 unspecified atom stereocenters. The molecule has 4 nitrogen and oxygen atoms in total.